The standard InChI is InChI=1S/C13H10FN3O3S/c14-9-3-8(5-16-6-9)7-17-13(18)11-4-10(15)1-2-12(11)21(17,19)20/h1-6H,7,15H2. The first kappa shape index (κ1) is 13.5. The number of nitrogens with zero attached hydrogens (tertiary/aromatic N) is 2. The lowest BCUT2D eigenvalue weighted by molar-refractivity contribution is 0.0865. The average Bonchev–Trinajstić information content (AvgIpc) is 2.60. The Balaban J connectivity index is 2.04. The molecule has 0 saturated carbocycles. The molecule has 2 heterocycles. The minimum absolute atomic E-state index is 0.0272. The van der Waals surface area contributed by atoms with Crippen LogP contribution in [0, 0.1) is 5.82 Å². The number of halogens is 1. The van der Waals surface area contributed by atoms with Crippen LogP contribution in [0.25, 0.3) is 0 Å². The van der Waals surface area contributed by atoms with E-state index in [1.54, 1.807) is 0 Å². The molecule has 1 aliphatic rings. The van der Waals surface area contributed by atoms with Crippen LogP contribution < -0.4 is 5.73 Å². The first-order valence-corrected chi connectivity index (χ1v) is 7.39. The lowest BCUT2D eigenvalue weighted by Crippen LogP contribution is -2.29. The van der Waals surface area contributed by atoms with Crippen LogP contribution in [-0.4, -0.2) is 23.6 Å². The molecule has 0 unspecified atom stereocenters. The number of carbonyl (C=O) groups is 1. The molecule has 6 nitrogen and oxygen atoms in total. The molecule has 0 spiro atoms. The monoisotopic (exact) mass is 307 g/mol. The van der Waals surface area contributed by atoms with E-state index in [-0.39, 0.29) is 22.6 Å². The fourth-order valence-electron chi connectivity index (χ4n) is 2.17. The molecule has 0 fully saturated rings. The van der Waals surface area contributed by atoms with Gasteiger partial charge in [0.05, 0.1) is 18.3 Å². The molecule has 8 heteroatoms. The van der Waals surface area contributed by atoms with Crippen molar-refractivity contribution in [3.63, 3.8) is 0 Å². The zero-order valence-electron chi connectivity index (χ0n) is 10.7. The Kier molecular flexibility index (Phi) is 2.91. The molecule has 1 aromatic carbocycles. The van der Waals surface area contributed by atoms with E-state index in [9.17, 15) is 17.6 Å². The minimum Gasteiger partial charge on any atom is -0.399 e. The summed E-state index contributed by atoms with van der Waals surface area (Å²) in [6, 6.07) is 5.16. The van der Waals surface area contributed by atoms with Gasteiger partial charge in [-0.1, -0.05) is 0 Å². The highest BCUT2D eigenvalue weighted by Crippen LogP contribution is 2.32. The van der Waals surface area contributed by atoms with Crippen LogP contribution in [0.3, 0.4) is 0 Å². The summed E-state index contributed by atoms with van der Waals surface area (Å²) in [4.78, 5) is 15.8. The molecule has 0 saturated heterocycles. The predicted molar refractivity (Wildman–Crippen MR) is 72.1 cm³/mol. The van der Waals surface area contributed by atoms with Crippen molar-refractivity contribution < 1.29 is 17.6 Å². The van der Waals surface area contributed by atoms with Gasteiger partial charge in [-0.15, -0.1) is 0 Å². The number of rotatable bonds is 2. The maximum atomic E-state index is 13.1. The van der Waals surface area contributed by atoms with E-state index in [4.69, 9.17) is 5.73 Å². The summed E-state index contributed by atoms with van der Waals surface area (Å²) >= 11 is 0. The summed E-state index contributed by atoms with van der Waals surface area (Å²) in [5.41, 5.74) is 6.18. The van der Waals surface area contributed by atoms with Crippen LogP contribution in [0.15, 0.2) is 41.6 Å². The average molecular weight is 307 g/mol. The number of aromatic nitrogens is 1. The van der Waals surface area contributed by atoms with Gasteiger partial charge in [-0.05, 0) is 29.8 Å². The fraction of sp³-hybridized carbons (Fsp3) is 0.0769. The summed E-state index contributed by atoms with van der Waals surface area (Å²) in [6.07, 6.45) is 2.31. The number of amides is 1. The molecule has 2 N–H and O–H groups in total. The summed E-state index contributed by atoms with van der Waals surface area (Å²) < 4.78 is 38.5. The molecule has 0 bridgehead atoms. The summed E-state index contributed by atoms with van der Waals surface area (Å²) in [5, 5.41) is 0. The van der Waals surface area contributed by atoms with Crippen molar-refractivity contribution in [2.24, 2.45) is 0 Å². The fourth-order valence-corrected chi connectivity index (χ4v) is 3.70. The second kappa shape index (κ2) is 4.52. The van der Waals surface area contributed by atoms with Crippen LogP contribution >= 0.6 is 0 Å². The summed E-state index contributed by atoms with van der Waals surface area (Å²) in [6.45, 7) is -0.277. The topological polar surface area (TPSA) is 93.4 Å². The number of sulfonamides is 1. The molecule has 1 amide bonds. The molecule has 108 valence electrons. The van der Waals surface area contributed by atoms with Gasteiger partial charge in [-0.2, -0.15) is 0 Å². The Bertz CT molecular complexity index is 851. The maximum absolute atomic E-state index is 13.1. The van der Waals surface area contributed by atoms with Crippen LogP contribution in [-0.2, 0) is 16.6 Å². The summed E-state index contributed by atoms with van der Waals surface area (Å²) in [7, 11) is -3.95. The number of nitrogens with two attached hydrogens (primary N) is 1. The molecule has 1 aliphatic heterocycles. The van der Waals surface area contributed by atoms with Crippen molar-refractivity contribution in [3.8, 4) is 0 Å². The van der Waals surface area contributed by atoms with Gasteiger partial charge >= 0.3 is 0 Å². The van der Waals surface area contributed by atoms with Crippen molar-refractivity contribution >= 4 is 21.6 Å². The minimum atomic E-state index is -3.95. The smallest absolute Gasteiger partial charge is 0.269 e. The number of anilines is 1. The number of carbonyl (C=O) groups excluding carboxylic acids is 1. The maximum Gasteiger partial charge on any atom is 0.269 e. The van der Waals surface area contributed by atoms with E-state index >= 15 is 0 Å². The van der Waals surface area contributed by atoms with Gasteiger partial charge < -0.3 is 5.73 Å². The van der Waals surface area contributed by atoms with Crippen molar-refractivity contribution in [3.05, 3.63) is 53.6 Å². The molecule has 2 aromatic rings. The molecular formula is C13H10FN3O3S. The molecular weight excluding hydrogens is 297 g/mol. The van der Waals surface area contributed by atoms with Crippen molar-refractivity contribution in [1.29, 1.82) is 0 Å². The second-order valence-corrected chi connectivity index (χ2v) is 6.41. The van der Waals surface area contributed by atoms with Crippen molar-refractivity contribution in [1.82, 2.24) is 9.29 Å². The predicted octanol–water partition coefficient (Wildman–Crippen LogP) is 1.15. The van der Waals surface area contributed by atoms with Gasteiger partial charge in [-0.25, -0.2) is 17.1 Å². The Morgan fingerprint density at radius 3 is 2.71 bits per heavy atom. The van der Waals surface area contributed by atoms with Crippen LogP contribution in [0.1, 0.15) is 15.9 Å². The highest BCUT2D eigenvalue weighted by Gasteiger charge is 2.41. The van der Waals surface area contributed by atoms with E-state index in [0.717, 1.165) is 12.3 Å². The third-order valence-corrected chi connectivity index (χ3v) is 4.90. The Labute approximate surface area is 120 Å². The van der Waals surface area contributed by atoms with E-state index < -0.39 is 21.7 Å². The molecule has 0 aliphatic carbocycles. The number of pyridine rings is 1. The highest BCUT2D eigenvalue weighted by molar-refractivity contribution is 7.90. The van der Waals surface area contributed by atoms with Crippen LogP contribution in [0.4, 0.5) is 10.1 Å². The normalized spacial score (nSPS) is 16.0. The molecule has 21 heavy (non-hydrogen) atoms. The van der Waals surface area contributed by atoms with E-state index in [2.05, 4.69) is 4.98 Å². The van der Waals surface area contributed by atoms with Crippen molar-refractivity contribution in [2.45, 2.75) is 11.4 Å². The zero-order chi connectivity index (χ0) is 15.2. The second-order valence-electron chi connectivity index (χ2n) is 4.58. The molecule has 0 radical (unpaired) electrons. The van der Waals surface area contributed by atoms with E-state index in [0.29, 0.717) is 9.99 Å². The first-order valence-electron chi connectivity index (χ1n) is 5.95. The molecule has 0 atom stereocenters. The number of hydrogen-bond donors (Lipinski definition) is 1. The van der Waals surface area contributed by atoms with Gasteiger partial charge in [0.15, 0.2) is 0 Å². The Morgan fingerprint density at radius 1 is 1.24 bits per heavy atom. The number of benzene rings is 1. The lowest BCUT2D eigenvalue weighted by atomic mass is 10.2. The number of fused-ring (bicyclic) bond motifs is 1. The Morgan fingerprint density at radius 2 is 2.00 bits per heavy atom. The SMILES string of the molecule is Nc1ccc2c(c1)C(=O)N(Cc1cncc(F)c1)S2(=O)=O. The quantitative estimate of drug-likeness (QED) is 0.840. The van der Waals surface area contributed by atoms with Gasteiger partial charge in [0, 0.05) is 11.9 Å². The first-order chi connectivity index (χ1) is 9.89. The molecule has 1 aromatic heterocycles. The highest BCUT2D eigenvalue weighted by atomic mass is 32.2. The lowest BCUT2D eigenvalue weighted by Gasteiger charge is -2.14. The van der Waals surface area contributed by atoms with Crippen LogP contribution in [0.2, 0.25) is 0 Å². The number of nitrogen functional groups attached to an aromatic ring is 1. The number of hydrogen-bond acceptors (Lipinski definition) is 5. The van der Waals surface area contributed by atoms with Gasteiger partial charge in [-0.3, -0.25) is 9.78 Å². The third kappa shape index (κ3) is 2.13. The van der Waals surface area contributed by atoms with Crippen molar-refractivity contribution in [2.75, 3.05) is 5.73 Å². The zero-order valence-corrected chi connectivity index (χ0v) is 11.5. The molecule has 3 rings (SSSR count). The summed E-state index contributed by atoms with van der Waals surface area (Å²) in [5.74, 6) is -1.28. The van der Waals surface area contributed by atoms with E-state index in [1.807, 2.05) is 0 Å². The van der Waals surface area contributed by atoms with E-state index in [1.165, 1.54) is 24.4 Å². The third-order valence-electron chi connectivity index (χ3n) is 3.12. The van der Waals surface area contributed by atoms with Gasteiger partial charge in [0.1, 0.15) is 10.7 Å². The Hall–Kier alpha value is -2.48. The van der Waals surface area contributed by atoms with Gasteiger partial charge in [0.2, 0.25) is 0 Å². The van der Waals surface area contributed by atoms with Gasteiger partial charge in [0.25, 0.3) is 15.9 Å². The largest absolute Gasteiger partial charge is 0.399 e. The van der Waals surface area contributed by atoms with Crippen LogP contribution in [0.5, 0.6) is 0 Å².